The number of aryl methyl sites for hydroxylation is 1. The fraction of sp³-hybridized carbons (Fsp3) is 0.333. The van der Waals surface area contributed by atoms with Crippen LogP contribution in [0.3, 0.4) is 0 Å². The number of sulfone groups is 1. The zero-order valence-electron chi connectivity index (χ0n) is 18.0. The number of ether oxygens (including phenoxy) is 1. The van der Waals surface area contributed by atoms with Gasteiger partial charge in [0.2, 0.25) is 0 Å². The summed E-state index contributed by atoms with van der Waals surface area (Å²) in [6.07, 6.45) is 0.349. The predicted molar refractivity (Wildman–Crippen MR) is 122 cm³/mol. The van der Waals surface area contributed by atoms with Crippen molar-refractivity contribution < 1.29 is 22.4 Å². The lowest BCUT2D eigenvalue weighted by Gasteiger charge is -2.28. The number of carbonyl (C=O) groups is 1. The minimum Gasteiger partial charge on any atom is -0.494 e. The van der Waals surface area contributed by atoms with Crippen LogP contribution in [0.5, 0.6) is 5.75 Å². The number of hydrogen-bond donors (Lipinski definition) is 0. The van der Waals surface area contributed by atoms with Crippen LogP contribution in [0.4, 0.5) is 0 Å². The Balaban J connectivity index is 1.70. The number of nitrogens with zero attached hydrogens (tertiary/aromatic N) is 1. The molecule has 1 amide bonds. The van der Waals surface area contributed by atoms with Crippen LogP contribution in [0.25, 0.3) is 11.0 Å². The van der Waals surface area contributed by atoms with E-state index >= 15 is 0 Å². The van der Waals surface area contributed by atoms with Crippen LogP contribution < -0.4 is 10.2 Å². The van der Waals surface area contributed by atoms with Crippen molar-refractivity contribution in [1.29, 1.82) is 0 Å². The van der Waals surface area contributed by atoms with Crippen LogP contribution in [0.1, 0.15) is 35.0 Å². The average molecular weight is 456 g/mol. The Labute approximate surface area is 186 Å². The molecule has 1 saturated heterocycles. The van der Waals surface area contributed by atoms with Crippen LogP contribution in [0, 0.1) is 6.92 Å². The summed E-state index contributed by atoms with van der Waals surface area (Å²) in [7, 11) is -3.22. The van der Waals surface area contributed by atoms with Gasteiger partial charge in [0, 0.05) is 18.7 Å². The normalized spacial score (nSPS) is 17.4. The van der Waals surface area contributed by atoms with E-state index in [1.54, 1.807) is 12.1 Å². The van der Waals surface area contributed by atoms with Gasteiger partial charge in [-0.2, -0.15) is 0 Å². The predicted octanol–water partition coefficient (Wildman–Crippen LogP) is 3.33. The molecule has 0 bridgehead atoms. The molecule has 0 saturated carbocycles. The van der Waals surface area contributed by atoms with E-state index in [1.807, 2.05) is 44.2 Å². The first-order valence-electron chi connectivity index (χ1n) is 10.5. The average Bonchev–Trinajstić information content (AvgIpc) is 3.12. The largest absolute Gasteiger partial charge is 0.494 e. The van der Waals surface area contributed by atoms with Crippen LogP contribution in [0.15, 0.2) is 57.7 Å². The fourth-order valence-electron chi connectivity index (χ4n) is 3.95. The van der Waals surface area contributed by atoms with Gasteiger partial charge in [0.25, 0.3) is 5.91 Å². The van der Waals surface area contributed by atoms with Crippen molar-refractivity contribution in [1.82, 2.24) is 4.90 Å². The molecule has 3 aromatic rings. The summed E-state index contributed by atoms with van der Waals surface area (Å²) in [5.74, 6) is 0.0523. The van der Waals surface area contributed by atoms with Crippen molar-refractivity contribution in [3.05, 3.63) is 75.6 Å². The van der Waals surface area contributed by atoms with Crippen molar-refractivity contribution in [3.8, 4) is 5.75 Å². The number of fused-ring (bicyclic) bond motifs is 1. The van der Waals surface area contributed by atoms with E-state index in [0.29, 0.717) is 29.7 Å². The Morgan fingerprint density at radius 3 is 2.56 bits per heavy atom. The maximum atomic E-state index is 13.5. The van der Waals surface area contributed by atoms with Gasteiger partial charge in [0.1, 0.15) is 11.3 Å². The van der Waals surface area contributed by atoms with Gasteiger partial charge >= 0.3 is 0 Å². The first kappa shape index (κ1) is 22.1. The standard InChI is InChI=1S/C24H25NO6S/c1-3-30-19-7-5-17(6-8-19)14-25(18-10-11-32(28,29)15-18)24(27)23-13-21(26)20-9-4-16(2)12-22(20)31-23/h4-9,12-13,18H,3,10-11,14-15H2,1-2H3. The van der Waals surface area contributed by atoms with Gasteiger partial charge in [-0.1, -0.05) is 18.2 Å². The minimum atomic E-state index is -3.22. The van der Waals surface area contributed by atoms with Gasteiger partial charge in [-0.15, -0.1) is 0 Å². The molecule has 168 valence electrons. The first-order chi connectivity index (χ1) is 15.3. The molecule has 0 radical (unpaired) electrons. The van der Waals surface area contributed by atoms with Crippen molar-refractivity contribution in [2.45, 2.75) is 32.9 Å². The number of benzene rings is 2. The van der Waals surface area contributed by atoms with Crippen molar-refractivity contribution in [3.63, 3.8) is 0 Å². The Morgan fingerprint density at radius 1 is 1.16 bits per heavy atom. The van der Waals surface area contributed by atoms with Crippen LogP contribution in [0.2, 0.25) is 0 Å². The number of rotatable bonds is 6. The topological polar surface area (TPSA) is 93.9 Å². The summed E-state index contributed by atoms with van der Waals surface area (Å²) in [4.78, 5) is 27.6. The number of hydrogen-bond acceptors (Lipinski definition) is 6. The van der Waals surface area contributed by atoms with Crippen LogP contribution >= 0.6 is 0 Å². The fourth-order valence-corrected chi connectivity index (χ4v) is 5.68. The molecule has 0 N–H and O–H groups in total. The maximum Gasteiger partial charge on any atom is 0.290 e. The van der Waals surface area contributed by atoms with E-state index in [9.17, 15) is 18.0 Å². The zero-order chi connectivity index (χ0) is 22.9. The molecule has 4 rings (SSSR count). The number of carbonyl (C=O) groups excluding carboxylic acids is 1. The molecule has 1 fully saturated rings. The van der Waals surface area contributed by atoms with Gasteiger partial charge < -0.3 is 14.1 Å². The highest BCUT2D eigenvalue weighted by Crippen LogP contribution is 2.24. The molecular weight excluding hydrogens is 430 g/mol. The van der Waals surface area contributed by atoms with Gasteiger partial charge in [0.05, 0.1) is 23.5 Å². The van der Waals surface area contributed by atoms with E-state index in [2.05, 4.69) is 0 Å². The second kappa shape index (κ2) is 8.78. The Morgan fingerprint density at radius 2 is 1.91 bits per heavy atom. The highest BCUT2D eigenvalue weighted by Gasteiger charge is 2.36. The zero-order valence-corrected chi connectivity index (χ0v) is 18.9. The summed E-state index contributed by atoms with van der Waals surface area (Å²) in [5.41, 5.74) is 1.75. The van der Waals surface area contributed by atoms with E-state index in [-0.39, 0.29) is 29.2 Å². The van der Waals surface area contributed by atoms with Crippen molar-refractivity contribution in [2.75, 3.05) is 18.1 Å². The molecule has 1 aliphatic rings. The summed E-state index contributed by atoms with van der Waals surface area (Å²) >= 11 is 0. The quantitative estimate of drug-likeness (QED) is 0.566. The van der Waals surface area contributed by atoms with Gasteiger partial charge in [-0.3, -0.25) is 9.59 Å². The molecule has 8 heteroatoms. The second-order valence-electron chi connectivity index (χ2n) is 8.04. The lowest BCUT2D eigenvalue weighted by atomic mass is 10.1. The van der Waals surface area contributed by atoms with Crippen molar-refractivity contribution >= 4 is 26.7 Å². The van der Waals surface area contributed by atoms with E-state index in [4.69, 9.17) is 9.15 Å². The molecule has 1 aromatic heterocycles. The highest BCUT2D eigenvalue weighted by atomic mass is 32.2. The SMILES string of the molecule is CCOc1ccc(CN(C(=O)c2cc(=O)c3ccc(C)cc3o2)C2CCS(=O)(=O)C2)cc1. The lowest BCUT2D eigenvalue weighted by Crippen LogP contribution is -2.40. The van der Waals surface area contributed by atoms with Crippen LogP contribution in [-0.4, -0.2) is 43.4 Å². The monoisotopic (exact) mass is 455 g/mol. The molecule has 1 unspecified atom stereocenters. The number of amides is 1. The lowest BCUT2D eigenvalue weighted by molar-refractivity contribution is 0.0648. The molecule has 0 aliphatic carbocycles. The Bertz CT molecular complexity index is 1310. The second-order valence-corrected chi connectivity index (χ2v) is 10.3. The Hall–Kier alpha value is -3.13. The molecular formula is C24H25NO6S. The first-order valence-corrected chi connectivity index (χ1v) is 12.4. The van der Waals surface area contributed by atoms with E-state index < -0.39 is 21.8 Å². The third-order valence-corrected chi connectivity index (χ3v) is 7.34. The molecule has 1 atom stereocenters. The van der Waals surface area contributed by atoms with Gasteiger partial charge in [0.15, 0.2) is 21.0 Å². The molecule has 0 spiro atoms. The third-order valence-electron chi connectivity index (χ3n) is 5.59. The van der Waals surface area contributed by atoms with Crippen LogP contribution in [-0.2, 0) is 16.4 Å². The maximum absolute atomic E-state index is 13.5. The molecule has 7 nitrogen and oxygen atoms in total. The van der Waals surface area contributed by atoms with E-state index in [0.717, 1.165) is 11.1 Å². The molecule has 1 aliphatic heterocycles. The summed E-state index contributed by atoms with van der Waals surface area (Å²) in [5, 5.41) is 0.397. The highest BCUT2D eigenvalue weighted by molar-refractivity contribution is 7.91. The van der Waals surface area contributed by atoms with E-state index in [1.165, 1.54) is 11.0 Å². The van der Waals surface area contributed by atoms with Crippen molar-refractivity contribution in [2.24, 2.45) is 0 Å². The third kappa shape index (κ3) is 4.70. The smallest absolute Gasteiger partial charge is 0.290 e. The van der Waals surface area contributed by atoms with Gasteiger partial charge in [-0.25, -0.2) is 8.42 Å². The Kier molecular flexibility index (Phi) is 6.06. The summed E-state index contributed by atoms with van der Waals surface area (Å²) in [6, 6.07) is 13.2. The molecule has 2 heterocycles. The van der Waals surface area contributed by atoms with Gasteiger partial charge in [-0.05, 0) is 55.7 Å². The minimum absolute atomic E-state index is 0.0333. The summed E-state index contributed by atoms with van der Waals surface area (Å²) < 4.78 is 35.5. The molecule has 2 aromatic carbocycles. The summed E-state index contributed by atoms with van der Waals surface area (Å²) in [6.45, 7) is 4.51. The molecule has 32 heavy (non-hydrogen) atoms.